The van der Waals surface area contributed by atoms with E-state index in [0.29, 0.717) is 41.6 Å². The van der Waals surface area contributed by atoms with Gasteiger partial charge in [0.15, 0.2) is 21.3 Å². The SMILES string of the molecule is C=CCOc1ccc(C(=O)N(Cc2cc(OC)c(OC)c(OC)c2)[C@H]2CCS(=O)(=O)C2)cc1. The van der Waals surface area contributed by atoms with E-state index in [1.165, 1.54) is 21.3 Å². The van der Waals surface area contributed by atoms with Gasteiger partial charge in [0.2, 0.25) is 5.75 Å². The van der Waals surface area contributed by atoms with E-state index in [2.05, 4.69) is 6.58 Å². The molecule has 0 unspecified atom stereocenters. The molecule has 1 heterocycles. The molecule has 1 atom stereocenters. The molecule has 1 saturated heterocycles. The van der Waals surface area contributed by atoms with Crippen molar-refractivity contribution >= 4 is 15.7 Å². The van der Waals surface area contributed by atoms with Gasteiger partial charge in [0.1, 0.15) is 12.4 Å². The molecular formula is C24H29NO7S. The van der Waals surface area contributed by atoms with E-state index in [1.54, 1.807) is 47.4 Å². The Labute approximate surface area is 194 Å². The van der Waals surface area contributed by atoms with Crippen LogP contribution in [0.25, 0.3) is 0 Å². The van der Waals surface area contributed by atoms with E-state index in [-0.39, 0.29) is 24.0 Å². The second kappa shape index (κ2) is 10.6. The van der Waals surface area contributed by atoms with Gasteiger partial charge in [-0.05, 0) is 48.4 Å². The Morgan fingerprint density at radius 3 is 2.21 bits per heavy atom. The van der Waals surface area contributed by atoms with Crippen molar-refractivity contribution in [2.24, 2.45) is 0 Å². The molecule has 1 aliphatic heterocycles. The fourth-order valence-electron chi connectivity index (χ4n) is 3.83. The van der Waals surface area contributed by atoms with Crippen LogP contribution in [-0.2, 0) is 16.4 Å². The highest BCUT2D eigenvalue weighted by molar-refractivity contribution is 7.91. The number of amides is 1. The maximum Gasteiger partial charge on any atom is 0.254 e. The summed E-state index contributed by atoms with van der Waals surface area (Å²) in [6.45, 7) is 4.16. The summed E-state index contributed by atoms with van der Waals surface area (Å²) < 4.78 is 46.0. The van der Waals surface area contributed by atoms with E-state index in [4.69, 9.17) is 18.9 Å². The number of benzene rings is 2. The lowest BCUT2D eigenvalue weighted by atomic mass is 10.1. The van der Waals surface area contributed by atoms with Crippen LogP contribution in [0.5, 0.6) is 23.0 Å². The molecule has 2 aromatic carbocycles. The highest BCUT2D eigenvalue weighted by atomic mass is 32.2. The highest BCUT2D eigenvalue weighted by Gasteiger charge is 2.35. The lowest BCUT2D eigenvalue weighted by Gasteiger charge is -2.29. The molecule has 0 saturated carbocycles. The lowest BCUT2D eigenvalue weighted by Crippen LogP contribution is -2.40. The second-order valence-corrected chi connectivity index (χ2v) is 9.88. The Balaban J connectivity index is 1.94. The van der Waals surface area contributed by atoms with Crippen LogP contribution in [0.1, 0.15) is 22.3 Å². The third-order valence-corrected chi connectivity index (χ3v) is 7.21. The molecule has 9 heteroatoms. The molecule has 1 aliphatic rings. The van der Waals surface area contributed by atoms with E-state index in [0.717, 1.165) is 5.56 Å². The third-order valence-electron chi connectivity index (χ3n) is 5.46. The largest absolute Gasteiger partial charge is 0.493 e. The number of rotatable bonds is 10. The van der Waals surface area contributed by atoms with E-state index in [1.807, 2.05) is 0 Å². The van der Waals surface area contributed by atoms with Crippen molar-refractivity contribution in [3.63, 3.8) is 0 Å². The molecule has 3 rings (SSSR count). The summed E-state index contributed by atoms with van der Waals surface area (Å²) in [6.07, 6.45) is 2.03. The van der Waals surface area contributed by atoms with Gasteiger partial charge in [-0.25, -0.2) is 8.42 Å². The third kappa shape index (κ3) is 5.78. The molecular weight excluding hydrogens is 446 g/mol. The molecule has 0 aliphatic carbocycles. The summed E-state index contributed by atoms with van der Waals surface area (Å²) in [7, 11) is 1.36. The quantitative estimate of drug-likeness (QED) is 0.488. The van der Waals surface area contributed by atoms with E-state index in [9.17, 15) is 13.2 Å². The standard InChI is InChI=1S/C24H29NO7S/c1-5-11-32-20-8-6-18(7-9-20)24(26)25(19-10-12-33(27,28)16-19)15-17-13-21(29-2)23(31-4)22(14-17)30-3/h5-9,13-14,19H,1,10-12,15-16H2,2-4H3/t19-/m0/s1. The maximum atomic E-state index is 13.5. The average molecular weight is 476 g/mol. The van der Waals surface area contributed by atoms with Crippen molar-refractivity contribution in [1.82, 2.24) is 4.90 Å². The van der Waals surface area contributed by atoms with Crippen LogP contribution >= 0.6 is 0 Å². The van der Waals surface area contributed by atoms with Crippen molar-refractivity contribution in [3.05, 3.63) is 60.2 Å². The molecule has 0 bridgehead atoms. The number of ether oxygens (including phenoxy) is 4. The first-order valence-corrected chi connectivity index (χ1v) is 12.3. The molecule has 0 N–H and O–H groups in total. The summed E-state index contributed by atoms with van der Waals surface area (Å²) in [6, 6.07) is 9.85. The topological polar surface area (TPSA) is 91.4 Å². The van der Waals surface area contributed by atoms with Crippen molar-refractivity contribution in [2.45, 2.75) is 19.0 Å². The summed E-state index contributed by atoms with van der Waals surface area (Å²) in [5.41, 5.74) is 1.17. The van der Waals surface area contributed by atoms with Crippen LogP contribution in [0.2, 0.25) is 0 Å². The summed E-state index contributed by atoms with van der Waals surface area (Å²) >= 11 is 0. The Morgan fingerprint density at radius 2 is 1.73 bits per heavy atom. The van der Waals surface area contributed by atoms with Gasteiger partial charge in [-0.1, -0.05) is 12.7 Å². The van der Waals surface area contributed by atoms with Crippen molar-refractivity contribution in [1.29, 1.82) is 0 Å². The average Bonchev–Trinajstić information content (AvgIpc) is 3.19. The molecule has 1 amide bonds. The van der Waals surface area contributed by atoms with Gasteiger partial charge in [0.25, 0.3) is 5.91 Å². The minimum Gasteiger partial charge on any atom is -0.493 e. The van der Waals surface area contributed by atoms with Crippen LogP contribution in [0.4, 0.5) is 0 Å². The van der Waals surface area contributed by atoms with E-state index >= 15 is 0 Å². The van der Waals surface area contributed by atoms with Crippen molar-refractivity contribution in [3.8, 4) is 23.0 Å². The Hall–Kier alpha value is -3.20. The molecule has 8 nitrogen and oxygen atoms in total. The minimum absolute atomic E-state index is 0.0605. The zero-order valence-corrected chi connectivity index (χ0v) is 19.9. The zero-order valence-electron chi connectivity index (χ0n) is 19.1. The first-order chi connectivity index (χ1) is 15.8. The Bertz CT molecular complexity index is 1070. The molecule has 0 spiro atoms. The summed E-state index contributed by atoms with van der Waals surface area (Å²) in [5.74, 6) is 1.71. The van der Waals surface area contributed by atoms with Crippen LogP contribution in [0.3, 0.4) is 0 Å². The number of methoxy groups -OCH3 is 3. The van der Waals surface area contributed by atoms with Gasteiger partial charge in [-0.15, -0.1) is 0 Å². The highest BCUT2D eigenvalue weighted by Crippen LogP contribution is 2.39. The normalized spacial score (nSPS) is 16.6. The van der Waals surface area contributed by atoms with E-state index < -0.39 is 15.9 Å². The molecule has 0 radical (unpaired) electrons. The van der Waals surface area contributed by atoms with Gasteiger partial charge >= 0.3 is 0 Å². The maximum absolute atomic E-state index is 13.5. The van der Waals surface area contributed by atoms with Crippen LogP contribution in [0.15, 0.2) is 49.1 Å². The first-order valence-electron chi connectivity index (χ1n) is 10.5. The number of nitrogens with zero attached hydrogens (tertiary/aromatic N) is 1. The van der Waals surface area contributed by atoms with Gasteiger partial charge in [0.05, 0.1) is 32.8 Å². The molecule has 178 valence electrons. The van der Waals surface area contributed by atoms with Crippen molar-refractivity contribution in [2.75, 3.05) is 39.4 Å². The first kappa shape index (κ1) is 24.4. The molecule has 2 aromatic rings. The van der Waals surface area contributed by atoms with Crippen LogP contribution in [-0.4, -0.2) is 64.7 Å². The van der Waals surface area contributed by atoms with Gasteiger partial charge < -0.3 is 23.8 Å². The van der Waals surface area contributed by atoms with Gasteiger partial charge in [-0.3, -0.25) is 4.79 Å². The van der Waals surface area contributed by atoms with Gasteiger partial charge in [0, 0.05) is 18.2 Å². The number of carbonyl (C=O) groups is 1. The number of hydrogen-bond donors (Lipinski definition) is 0. The fraction of sp³-hybridized carbons (Fsp3) is 0.375. The Morgan fingerprint density at radius 1 is 1.09 bits per heavy atom. The Kier molecular flexibility index (Phi) is 7.86. The molecule has 33 heavy (non-hydrogen) atoms. The molecule has 1 fully saturated rings. The smallest absolute Gasteiger partial charge is 0.254 e. The summed E-state index contributed by atoms with van der Waals surface area (Å²) in [4.78, 5) is 15.1. The second-order valence-electron chi connectivity index (χ2n) is 7.65. The molecule has 0 aromatic heterocycles. The summed E-state index contributed by atoms with van der Waals surface area (Å²) in [5, 5.41) is 0. The number of carbonyl (C=O) groups excluding carboxylic acids is 1. The zero-order chi connectivity index (χ0) is 24.0. The minimum atomic E-state index is -3.19. The number of sulfone groups is 1. The lowest BCUT2D eigenvalue weighted by molar-refractivity contribution is 0.0680. The predicted molar refractivity (Wildman–Crippen MR) is 125 cm³/mol. The number of hydrogen-bond acceptors (Lipinski definition) is 7. The predicted octanol–water partition coefficient (Wildman–Crippen LogP) is 3.11. The van der Waals surface area contributed by atoms with Gasteiger partial charge in [-0.2, -0.15) is 0 Å². The monoisotopic (exact) mass is 475 g/mol. The fourth-order valence-corrected chi connectivity index (χ4v) is 5.56. The van der Waals surface area contributed by atoms with Crippen LogP contribution in [0, 0.1) is 0 Å². The van der Waals surface area contributed by atoms with Crippen molar-refractivity contribution < 1.29 is 32.2 Å². The van der Waals surface area contributed by atoms with Crippen LogP contribution < -0.4 is 18.9 Å².